The molecule has 166 valence electrons. The van der Waals surface area contributed by atoms with E-state index < -0.39 is 12.0 Å². The van der Waals surface area contributed by atoms with Gasteiger partial charge in [0.15, 0.2) is 11.5 Å². The number of nitrogens with one attached hydrogen (secondary N) is 1. The molecule has 0 spiro atoms. The molecule has 3 aromatic rings. The van der Waals surface area contributed by atoms with Crippen molar-refractivity contribution in [1.82, 2.24) is 14.8 Å². The number of nitrogens with zero attached hydrogens (tertiary/aromatic N) is 3. The maximum Gasteiger partial charge on any atom is 0.338 e. The summed E-state index contributed by atoms with van der Waals surface area (Å²) in [6.07, 6.45) is 1.46. The molecule has 2 aromatic carbocycles. The summed E-state index contributed by atoms with van der Waals surface area (Å²) in [5, 5.41) is 7.52. The van der Waals surface area contributed by atoms with Crippen LogP contribution in [0.5, 0.6) is 11.5 Å². The van der Waals surface area contributed by atoms with Crippen LogP contribution in [0.15, 0.2) is 66.1 Å². The molecule has 0 saturated heterocycles. The first kappa shape index (κ1) is 21.4. The molecule has 32 heavy (non-hydrogen) atoms. The molecule has 1 aromatic heterocycles. The molecule has 1 aliphatic rings. The number of carbonyl (C=O) groups is 1. The Kier molecular flexibility index (Phi) is 6.39. The lowest BCUT2D eigenvalue weighted by molar-refractivity contribution is -0.140. The van der Waals surface area contributed by atoms with Gasteiger partial charge in [-0.1, -0.05) is 36.4 Å². The smallest absolute Gasteiger partial charge is 0.338 e. The monoisotopic (exact) mass is 434 g/mol. The van der Waals surface area contributed by atoms with Gasteiger partial charge in [0.2, 0.25) is 5.95 Å². The number of fused-ring (bicyclic) bond motifs is 1. The van der Waals surface area contributed by atoms with E-state index in [1.54, 1.807) is 4.68 Å². The van der Waals surface area contributed by atoms with Gasteiger partial charge in [0, 0.05) is 5.70 Å². The molecule has 0 bridgehead atoms. The summed E-state index contributed by atoms with van der Waals surface area (Å²) in [7, 11) is 0. The molecular formula is C24H26N4O4. The number of aromatic nitrogens is 3. The average molecular weight is 434 g/mol. The number of anilines is 1. The fraction of sp³-hybridized carbons (Fsp3) is 0.292. The third-order valence-corrected chi connectivity index (χ3v) is 5.11. The van der Waals surface area contributed by atoms with Gasteiger partial charge in [0.1, 0.15) is 19.0 Å². The molecule has 0 fully saturated rings. The highest BCUT2D eigenvalue weighted by molar-refractivity contribution is 5.92. The Bertz CT molecular complexity index is 1120. The number of hydrogen-bond acceptors (Lipinski definition) is 7. The van der Waals surface area contributed by atoms with Crippen molar-refractivity contribution in [3.63, 3.8) is 0 Å². The number of hydrogen-bond donors (Lipinski definition) is 1. The van der Waals surface area contributed by atoms with Crippen molar-refractivity contribution < 1.29 is 19.0 Å². The van der Waals surface area contributed by atoms with Crippen molar-refractivity contribution in [1.29, 1.82) is 0 Å². The normalized spacial score (nSPS) is 15.0. The first-order chi connectivity index (χ1) is 15.6. The molecule has 4 rings (SSSR count). The summed E-state index contributed by atoms with van der Waals surface area (Å²) in [4.78, 5) is 17.5. The van der Waals surface area contributed by atoms with Crippen LogP contribution in [-0.2, 0) is 16.1 Å². The van der Waals surface area contributed by atoms with Crippen LogP contribution in [0.1, 0.15) is 37.9 Å². The predicted octanol–water partition coefficient (Wildman–Crippen LogP) is 4.11. The van der Waals surface area contributed by atoms with E-state index >= 15 is 0 Å². The van der Waals surface area contributed by atoms with Gasteiger partial charge < -0.3 is 19.5 Å². The Morgan fingerprint density at radius 3 is 2.56 bits per heavy atom. The van der Waals surface area contributed by atoms with Gasteiger partial charge in [0.05, 0.1) is 18.8 Å². The van der Waals surface area contributed by atoms with Gasteiger partial charge in [-0.15, -0.1) is 0 Å². The van der Waals surface area contributed by atoms with Crippen LogP contribution < -0.4 is 14.8 Å². The summed E-state index contributed by atoms with van der Waals surface area (Å²) in [6, 6.07) is 14.7. The summed E-state index contributed by atoms with van der Waals surface area (Å²) in [6.45, 7) is 6.87. The molecule has 0 amide bonds. The lowest BCUT2D eigenvalue weighted by Gasteiger charge is -2.28. The standard InChI is InChI=1S/C24H26N4O4/c1-4-30-19-12-11-18(13-20(19)31-5-2)22-21(16(3)27-24-25-15-26-28(22)24)23(29)32-14-17-9-7-6-8-10-17/h6-13,15,22H,4-5,14H2,1-3H3,(H,25,26,27). The third kappa shape index (κ3) is 4.30. The van der Waals surface area contributed by atoms with E-state index in [4.69, 9.17) is 14.2 Å². The predicted molar refractivity (Wildman–Crippen MR) is 120 cm³/mol. The largest absolute Gasteiger partial charge is 0.490 e. The molecule has 1 unspecified atom stereocenters. The number of ether oxygens (including phenoxy) is 3. The van der Waals surface area contributed by atoms with Crippen LogP contribution in [0.3, 0.4) is 0 Å². The van der Waals surface area contributed by atoms with Crippen LogP contribution in [0.25, 0.3) is 0 Å². The third-order valence-electron chi connectivity index (χ3n) is 5.11. The lowest BCUT2D eigenvalue weighted by Crippen LogP contribution is -2.29. The maximum atomic E-state index is 13.2. The first-order valence-corrected chi connectivity index (χ1v) is 10.6. The summed E-state index contributed by atoms with van der Waals surface area (Å²) >= 11 is 0. The zero-order chi connectivity index (χ0) is 22.5. The van der Waals surface area contributed by atoms with E-state index in [-0.39, 0.29) is 6.61 Å². The summed E-state index contributed by atoms with van der Waals surface area (Å²) < 4.78 is 18.8. The minimum atomic E-state index is -0.521. The van der Waals surface area contributed by atoms with E-state index in [2.05, 4.69) is 15.4 Å². The molecule has 8 nitrogen and oxygen atoms in total. The SMILES string of the molecule is CCOc1ccc(C2C(C(=O)OCc3ccccc3)=C(C)Nc3ncnn32)cc1OCC. The van der Waals surface area contributed by atoms with Crippen LogP contribution in [0, 0.1) is 0 Å². The van der Waals surface area contributed by atoms with E-state index in [1.807, 2.05) is 69.3 Å². The second kappa shape index (κ2) is 9.55. The Balaban J connectivity index is 1.70. The topological polar surface area (TPSA) is 87.5 Å². The van der Waals surface area contributed by atoms with Crippen molar-refractivity contribution in [2.75, 3.05) is 18.5 Å². The molecule has 1 atom stereocenters. The minimum Gasteiger partial charge on any atom is -0.490 e. The van der Waals surface area contributed by atoms with Crippen LogP contribution in [-0.4, -0.2) is 33.9 Å². The van der Waals surface area contributed by atoms with Crippen LogP contribution in [0.4, 0.5) is 5.95 Å². The number of rotatable bonds is 8. The van der Waals surface area contributed by atoms with Crippen LogP contribution >= 0.6 is 0 Å². The highest BCUT2D eigenvalue weighted by atomic mass is 16.5. The molecule has 8 heteroatoms. The van der Waals surface area contributed by atoms with Crippen molar-refractivity contribution in [3.8, 4) is 11.5 Å². The number of allylic oxidation sites excluding steroid dienone is 1. The first-order valence-electron chi connectivity index (χ1n) is 10.6. The van der Waals surface area contributed by atoms with Crippen LogP contribution in [0.2, 0.25) is 0 Å². The molecule has 1 aliphatic heterocycles. The maximum absolute atomic E-state index is 13.2. The van der Waals surface area contributed by atoms with Gasteiger partial charge in [-0.25, -0.2) is 9.48 Å². The number of esters is 1. The number of benzene rings is 2. The highest BCUT2D eigenvalue weighted by Crippen LogP contribution is 2.39. The Morgan fingerprint density at radius 2 is 1.81 bits per heavy atom. The van der Waals surface area contributed by atoms with Gasteiger partial charge in [-0.3, -0.25) is 0 Å². The number of carbonyl (C=O) groups excluding carboxylic acids is 1. The fourth-order valence-electron chi connectivity index (χ4n) is 3.70. The molecular weight excluding hydrogens is 408 g/mol. The summed E-state index contributed by atoms with van der Waals surface area (Å²) in [5.41, 5.74) is 2.86. The van der Waals surface area contributed by atoms with E-state index in [0.29, 0.717) is 41.9 Å². The molecule has 2 heterocycles. The van der Waals surface area contributed by atoms with Gasteiger partial charge in [-0.05, 0) is 44.0 Å². The zero-order valence-electron chi connectivity index (χ0n) is 18.4. The van der Waals surface area contributed by atoms with Crippen molar-refractivity contribution in [2.45, 2.75) is 33.4 Å². The quantitative estimate of drug-likeness (QED) is 0.534. The summed E-state index contributed by atoms with van der Waals surface area (Å²) in [5.74, 6) is 1.40. The molecule has 0 radical (unpaired) electrons. The zero-order valence-corrected chi connectivity index (χ0v) is 18.4. The minimum absolute atomic E-state index is 0.181. The van der Waals surface area contributed by atoms with Crippen molar-refractivity contribution >= 4 is 11.9 Å². The Labute approximate surface area is 186 Å². The Hall–Kier alpha value is -3.81. The van der Waals surface area contributed by atoms with E-state index in [1.165, 1.54) is 6.33 Å². The average Bonchev–Trinajstić information content (AvgIpc) is 3.27. The second-order valence-electron chi connectivity index (χ2n) is 7.23. The molecule has 1 N–H and O–H groups in total. The molecule has 0 aliphatic carbocycles. The Morgan fingerprint density at radius 1 is 1.06 bits per heavy atom. The van der Waals surface area contributed by atoms with Crippen molar-refractivity contribution in [2.24, 2.45) is 0 Å². The van der Waals surface area contributed by atoms with E-state index in [0.717, 1.165) is 11.1 Å². The van der Waals surface area contributed by atoms with E-state index in [9.17, 15) is 4.79 Å². The second-order valence-corrected chi connectivity index (χ2v) is 7.23. The highest BCUT2D eigenvalue weighted by Gasteiger charge is 2.35. The van der Waals surface area contributed by atoms with Gasteiger partial charge >= 0.3 is 5.97 Å². The van der Waals surface area contributed by atoms with Crippen molar-refractivity contribution in [3.05, 3.63) is 77.3 Å². The lowest BCUT2D eigenvalue weighted by atomic mass is 9.95. The van der Waals surface area contributed by atoms with Gasteiger partial charge in [0.25, 0.3) is 0 Å². The van der Waals surface area contributed by atoms with Gasteiger partial charge in [-0.2, -0.15) is 10.1 Å². The fourth-order valence-corrected chi connectivity index (χ4v) is 3.70. The molecule has 0 saturated carbocycles.